The maximum Gasteiger partial charge on any atom is 0.135 e. The Morgan fingerprint density at radius 2 is 0.774 bits per heavy atom. The minimum absolute atomic E-state index is 0.144. The average molecular weight is 717 g/mol. The Kier molecular flexibility index (Phi) is 9.94. The van der Waals surface area contributed by atoms with E-state index in [0.29, 0.717) is 22.8 Å². The number of pyridine rings is 2. The van der Waals surface area contributed by atoms with Crippen LogP contribution in [0.5, 0.6) is 0 Å². The first kappa shape index (κ1) is 37.3. The second kappa shape index (κ2) is 14.1. The first-order valence-corrected chi connectivity index (χ1v) is 17.6. The summed E-state index contributed by atoms with van der Waals surface area (Å²) in [5, 5.41) is 0. The first-order chi connectivity index (χ1) is 24.9. The molecule has 6 rings (SSSR count). The van der Waals surface area contributed by atoms with Crippen LogP contribution in [0.3, 0.4) is 0 Å². The van der Waals surface area contributed by atoms with Gasteiger partial charge in [-0.1, -0.05) is 36.4 Å². The minimum Gasteiger partial charge on any atom is -0.336 e. The standard InChI is InChI=1S/C45H44F4N4/c1-43(2,3)52(31-15-11-9-12-16-31)33-25-39(35-21-19-29(46)23-37(35)48)50-41(27-33)45(7,8)42-28-34(53(44(4,5)6)32-17-13-10-14-18-32)26-40(51-42)36-22-20-30(47)24-38(36)49/h9-28H,1-8H3. The number of halogens is 4. The van der Waals surface area contributed by atoms with Gasteiger partial charge < -0.3 is 9.80 Å². The number of nitrogens with zero attached hydrogens (tertiary/aromatic N) is 4. The van der Waals surface area contributed by atoms with Crippen molar-refractivity contribution in [3.05, 3.63) is 156 Å². The van der Waals surface area contributed by atoms with E-state index in [4.69, 9.17) is 9.97 Å². The average Bonchev–Trinajstić information content (AvgIpc) is 3.08. The Balaban J connectivity index is 1.64. The van der Waals surface area contributed by atoms with Gasteiger partial charge in [0.05, 0.1) is 22.8 Å². The highest BCUT2D eigenvalue weighted by atomic mass is 19.1. The molecule has 0 fully saturated rings. The molecule has 0 N–H and O–H groups in total. The molecule has 0 aliphatic heterocycles. The fraction of sp³-hybridized carbons (Fsp3) is 0.244. The van der Waals surface area contributed by atoms with Crippen molar-refractivity contribution in [2.45, 2.75) is 71.9 Å². The molecule has 2 aromatic heterocycles. The molecule has 0 atom stereocenters. The van der Waals surface area contributed by atoms with Gasteiger partial charge in [-0.15, -0.1) is 0 Å². The molecular weight excluding hydrogens is 673 g/mol. The van der Waals surface area contributed by atoms with E-state index in [2.05, 4.69) is 51.3 Å². The first-order valence-electron chi connectivity index (χ1n) is 17.6. The lowest BCUT2D eigenvalue weighted by atomic mass is 9.83. The van der Waals surface area contributed by atoms with Crippen molar-refractivity contribution in [2.24, 2.45) is 0 Å². The highest BCUT2D eigenvalue weighted by molar-refractivity contribution is 5.75. The summed E-state index contributed by atoms with van der Waals surface area (Å²) >= 11 is 0. The van der Waals surface area contributed by atoms with E-state index >= 15 is 8.78 Å². The lowest BCUT2D eigenvalue weighted by molar-refractivity contribution is 0.554. The van der Waals surface area contributed by atoms with E-state index in [-0.39, 0.29) is 11.1 Å². The van der Waals surface area contributed by atoms with Crippen LogP contribution >= 0.6 is 0 Å². The van der Waals surface area contributed by atoms with Crippen molar-refractivity contribution >= 4 is 22.7 Å². The summed E-state index contributed by atoms with van der Waals surface area (Å²) in [6, 6.07) is 34.3. The maximum atomic E-state index is 15.5. The van der Waals surface area contributed by atoms with Gasteiger partial charge >= 0.3 is 0 Å². The molecule has 0 bridgehead atoms. The van der Waals surface area contributed by atoms with E-state index < -0.39 is 39.8 Å². The summed E-state index contributed by atoms with van der Waals surface area (Å²) in [7, 11) is 0. The third-order valence-corrected chi connectivity index (χ3v) is 9.20. The molecule has 0 saturated heterocycles. The van der Waals surface area contributed by atoms with Gasteiger partial charge in [-0.05, 0) is 128 Å². The Labute approximate surface area is 309 Å². The zero-order valence-electron chi connectivity index (χ0n) is 31.3. The molecule has 53 heavy (non-hydrogen) atoms. The fourth-order valence-electron chi connectivity index (χ4n) is 6.73. The predicted octanol–water partition coefficient (Wildman–Crippen LogP) is 12.6. The summed E-state index contributed by atoms with van der Waals surface area (Å²) in [4.78, 5) is 14.4. The van der Waals surface area contributed by atoms with E-state index in [1.165, 1.54) is 24.3 Å². The summed E-state index contributed by atoms with van der Waals surface area (Å²) in [6.45, 7) is 16.4. The zero-order chi connectivity index (χ0) is 38.3. The van der Waals surface area contributed by atoms with Crippen molar-refractivity contribution in [3.63, 3.8) is 0 Å². The van der Waals surface area contributed by atoms with E-state index in [0.717, 1.165) is 34.9 Å². The van der Waals surface area contributed by atoms with Crippen LogP contribution in [-0.2, 0) is 5.41 Å². The van der Waals surface area contributed by atoms with Crippen molar-refractivity contribution in [1.82, 2.24) is 9.97 Å². The molecule has 0 aliphatic carbocycles. The van der Waals surface area contributed by atoms with Gasteiger partial charge in [0.15, 0.2) is 0 Å². The van der Waals surface area contributed by atoms with Crippen LogP contribution in [0.2, 0.25) is 0 Å². The number of aromatic nitrogens is 2. The van der Waals surface area contributed by atoms with Gasteiger partial charge in [0.1, 0.15) is 23.3 Å². The van der Waals surface area contributed by atoms with Crippen LogP contribution in [0.4, 0.5) is 40.3 Å². The molecule has 4 aromatic carbocycles. The smallest absolute Gasteiger partial charge is 0.135 e. The predicted molar refractivity (Wildman–Crippen MR) is 208 cm³/mol. The Morgan fingerprint density at radius 1 is 0.415 bits per heavy atom. The molecule has 8 heteroatoms. The van der Waals surface area contributed by atoms with Crippen LogP contribution in [0, 0.1) is 23.3 Å². The van der Waals surface area contributed by atoms with E-state index in [1.807, 2.05) is 98.8 Å². The SMILES string of the molecule is CC(C)(c1cc(N(c2ccccc2)C(C)(C)C)cc(-c2ccc(F)cc2F)n1)c1cc(N(c2ccccc2)C(C)(C)C)cc(-c2ccc(F)cc2F)n1. The molecule has 0 radical (unpaired) electrons. The summed E-state index contributed by atoms with van der Waals surface area (Å²) in [5.74, 6) is -2.85. The van der Waals surface area contributed by atoms with Crippen molar-refractivity contribution < 1.29 is 17.6 Å². The molecule has 4 nitrogen and oxygen atoms in total. The van der Waals surface area contributed by atoms with Crippen LogP contribution < -0.4 is 9.80 Å². The lowest BCUT2D eigenvalue weighted by Gasteiger charge is -2.39. The monoisotopic (exact) mass is 716 g/mol. The third-order valence-electron chi connectivity index (χ3n) is 9.20. The summed E-state index contributed by atoms with van der Waals surface area (Å²) in [5.41, 5.74) is 3.49. The molecule has 0 amide bonds. The van der Waals surface area contributed by atoms with Gasteiger partial charge in [0.25, 0.3) is 0 Å². The largest absolute Gasteiger partial charge is 0.336 e. The topological polar surface area (TPSA) is 32.3 Å². The van der Waals surface area contributed by atoms with Crippen LogP contribution in [0.1, 0.15) is 66.8 Å². The second-order valence-electron chi connectivity index (χ2n) is 15.7. The Hall–Kier alpha value is -5.50. The lowest BCUT2D eigenvalue weighted by Crippen LogP contribution is -2.38. The highest BCUT2D eigenvalue weighted by Crippen LogP contribution is 2.43. The van der Waals surface area contributed by atoms with Crippen molar-refractivity contribution in [2.75, 3.05) is 9.80 Å². The van der Waals surface area contributed by atoms with Gasteiger partial charge in [0, 0.05) is 62.5 Å². The van der Waals surface area contributed by atoms with Crippen LogP contribution in [-0.4, -0.2) is 21.0 Å². The molecule has 0 unspecified atom stereocenters. The van der Waals surface area contributed by atoms with E-state index in [1.54, 1.807) is 0 Å². The normalized spacial score (nSPS) is 12.2. The summed E-state index contributed by atoms with van der Waals surface area (Å²) in [6.07, 6.45) is 0. The Bertz CT molecular complexity index is 2080. The number of hydrogen-bond acceptors (Lipinski definition) is 4. The van der Waals surface area contributed by atoms with Gasteiger partial charge in [-0.25, -0.2) is 17.6 Å². The second-order valence-corrected chi connectivity index (χ2v) is 15.7. The molecule has 2 heterocycles. The van der Waals surface area contributed by atoms with Crippen molar-refractivity contribution in [3.8, 4) is 22.5 Å². The quantitative estimate of drug-likeness (QED) is 0.147. The summed E-state index contributed by atoms with van der Waals surface area (Å²) < 4.78 is 59.3. The maximum absolute atomic E-state index is 15.5. The fourth-order valence-corrected chi connectivity index (χ4v) is 6.73. The molecule has 6 aromatic rings. The number of hydrogen-bond donors (Lipinski definition) is 0. The number of rotatable bonds is 8. The highest BCUT2D eigenvalue weighted by Gasteiger charge is 2.34. The minimum atomic E-state index is -0.969. The van der Waals surface area contributed by atoms with Crippen LogP contribution in [0.15, 0.2) is 121 Å². The number of benzene rings is 4. The molecule has 272 valence electrons. The van der Waals surface area contributed by atoms with Gasteiger partial charge in [-0.2, -0.15) is 0 Å². The molecule has 0 aliphatic rings. The number of anilines is 4. The van der Waals surface area contributed by atoms with Gasteiger partial charge in [-0.3, -0.25) is 9.97 Å². The van der Waals surface area contributed by atoms with E-state index in [9.17, 15) is 8.78 Å². The molecule has 0 saturated carbocycles. The number of para-hydroxylation sites is 2. The third kappa shape index (κ3) is 7.82. The zero-order valence-corrected chi connectivity index (χ0v) is 31.3. The van der Waals surface area contributed by atoms with Gasteiger partial charge in [0.2, 0.25) is 0 Å². The molecular formula is C45H44F4N4. The van der Waals surface area contributed by atoms with Crippen LogP contribution in [0.25, 0.3) is 22.5 Å². The molecule has 0 spiro atoms. The Morgan fingerprint density at radius 3 is 1.09 bits per heavy atom. The van der Waals surface area contributed by atoms with Crippen molar-refractivity contribution in [1.29, 1.82) is 0 Å².